The van der Waals surface area contributed by atoms with Crippen molar-refractivity contribution in [3.63, 3.8) is 0 Å². The van der Waals surface area contributed by atoms with Gasteiger partial charge in [-0.2, -0.15) is 5.10 Å². The van der Waals surface area contributed by atoms with Gasteiger partial charge in [-0.25, -0.2) is 4.98 Å². The molecular weight excluding hydrogens is 152 g/mol. The Morgan fingerprint density at radius 3 is 2.50 bits per heavy atom. The molecule has 0 aliphatic carbocycles. The van der Waals surface area contributed by atoms with E-state index in [1.165, 1.54) is 0 Å². The van der Waals surface area contributed by atoms with Crippen molar-refractivity contribution in [2.45, 2.75) is 33.1 Å². The number of rotatable bonds is 3. The van der Waals surface area contributed by atoms with E-state index >= 15 is 0 Å². The van der Waals surface area contributed by atoms with Gasteiger partial charge in [0, 0.05) is 0 Å². The lowest BCUT2D eigenvalue weighted by molar-refractivity contribution is 0.792. The summed E-state index contributed by atoms with van der Waals surface area (Å²) in [6.07, 6.45) is 2.86. The van der Waals surface area contributed by atoms with Gasteiger partial charge in [-0.3, -0.25) is 0 Å². The molecule has 0 saturated heterocycles. The lowest BCUT2D eigenvalue weighted by atomic mass is 10.2. The van der Waals surface area contributed by atoms with E-state index in [4.69, 9.17) is 5.73 Å². The molecule has 0 spiro atoms. The molecule has 0 saturated carbocycles. The molecule has 2 N–H and O–H groups in total. The van der Waals surface area contributed by atoms with Gasteiger partial charge in [0.25, 0.3) is 0 Å². The van der Waals surface area contributed by atoms with Crippen molar-refractivity contribution in [3.05, 3.63) is 11.4 Å². The second-order valence-corrected chi connectivity index (χ2v) is 2.67. The highest BCUT2D eigenvalue weighted by Crippen LogP contribution is 2.06. The molecule has 4 nitrogen and oxygen atoms in total. The average Bonchev–Trinajstić information content (AvgIpc) is 2.05. The molecule has 0 amide bonds. The average molecular weight is 166 g/mol. The van der Waals surface area contributed by atoms with Crippen LogP contribution in [0.25, 0.3) is 0 Å². The fourth-order valence-electron chi connectivity index (χ4n) is 1.11. The minimum Gasteiger partial charge on any atom is -0.366 e. The normalized spacial score (nSPS) is 10.2. The fraction of sp³-hybridized carbons (Fsp3) is 0.625. The maximum atomic E-state index is 5.43. The van der Waals surface area contributed by atoms with Gasteiger partial charge < -0.3 is 5.73 Å². The number of nitrogens with zero attached hydrogens (tertiary/aromatic N) is 3. The van der Waals surface area contributed by atoms with Crippen LogP contribution in [0.15, 0.2) is 0 Å². The molecule has 1 heterocycles. The van der Waals surface area contributed by atoms with Crippen LogP contribution in [0.4, 0.5) is 5.95 Å². The summed E-state index contributed by atoms with van der Waals surface area (Å²) in [6.45, 7) is 4.15. The lowest BCUT2D eigenvalue weighted by Gasteiger charge is -2.03. The first-order valence-electron chi connectivity index (χ1n) is 4.25. The fourth-order valence-corrected chi connectivity index (χ4v) is 1.11. The molecule has 0 aliphatic rings. The van der Waals surface area contributed by atoms with Gasteiger partial charge >= 0.3 is 0 Å². The number of hydrogen-bond donors (Lipinski definition) is 1. The zero-order chi connectivity index (χ0) is 8.97. The molecule has 0 unspecified atom stereocenters. The Balaban J connectivity index is 2.95. The molecular formula is C8H14N4. The number of aryl methyl sites for hydroxylation is 2. The number of anilines is 1. The third-order valence-corrected chi connectivity index (χ3v) is 1.68. The molecule has 1 aromatic rings. The summed E-state index contributed by atoms with van der Waals surface area (Å²) >= 11 is 0. The summed E-state index contributed by atoms with van der Waals surface area (Å²) in [5.41, 5.74) is 7.38. The highest BCUT2D eigenvalue weighted by Gasteiger charge is 2.03. The number of nitrogens with two attached hydrogens (primary N) is 1. The van der Waals surface area contributed by atoms with Crippen molar-refractivity contribution in [1.82, 2.24) is 15.2 Å². The Morgan fingerprint density at radius 2 is 1.92 bits per heavy atom. The zero-order valence-corrected chi connectivity index (χ0v) is 7.54. The molecule has 4 heteroatoms. The Kier molecular flexibility index (Phi) is 2.96. The van der Waals surface area contributed by atoms with E-state index in [9.17, 15) is 0 Å². The Hall–Kier alpha value is -1.19. The van der Waals surface area contributed by atoms with Gasteiger partial charge in [0.05, 0.1) is 11.4 Å². The highest BCUT2D eigenvalue weighted by atomic mass is 15.2. The van der Waals surface area contributed by atoms with Crippen LogP contribution < -0.4 is 5.73 Å². The second-order valence-electron chi connectivity index (χ2n) is 2.67. The molecule has 0 fully saturated rings. The van der Waals surface area contributed by atoms with E-state index in [0.717, 1.165) is 30.7 Å². The summed E-state index contributed by atoms with van der Waals surface area (Å²) in [5.74, 6) is 0.274. The van der Waals surface area contributed by atoms with E-state index < -0.39 is 0 Å². The van der Waals surface area contributed by atoms with Gasteiger partial charge in [-0.05, 0) is 12.8 Å². The third-order valence-electron chi connectivity index (χ3n) is 1.68. The van der Waals surface area contributed by atoms with Gasteiger partial charge in [0.15, 0.2) is 0 Å². The first kappa shape index (κ1) is 8.90. The lowest BCUT2D eigenvalue weighted by Crippen LogP contribution is -2.06. The summed E-state index contributed by atoms with van der Waals surface area (Å²) in [4.78, 5) is 4.14. The van der Waals surface area contributed by atoms with E-state index in [1.807, 2.05) is 6.92 Å². The molecule has 0 aromatic carbocycles. The van der Waals surface area contributed by atoms with E-state index in [1.54, 1.807) is 0 Å². The van der Waals surface area contributed by atoms with Gasteiger partial charge in [-0.1, -0.05) is 20.3 Å². The smallest absolute Gasteiger partial charge is 0.240 e. The molecule has 66 valence electrons. The predicted octanol–water partition coefficient (Wildman–Crippen LogP) is 0.969. The molecule has 1 aromatic heterocycles. The highest BCUT2D eigenvalue weighted by molar-refractivity contribution is 5.19. The number of aromatic nitrogens is 3. The first-order valence-corrected chi connectivity index (χ1v) is 4.25. The topological polar surface area (TPSA) is 64.7 Å². The standard InChI is InChI=1S/C8H14N4/c1-3-5-7-6(4-2)11-12-8(9)10-7/h3-5H2,1-2H3,(H2,9,10,12). The summed E-state index contributed by atoms with van der Waals surface area (Å²) < 4.78 is 0. The molecule has 0 aliphatic heterocycles. The van der Waals surface area contributed by atoms with Crippen molar-refractivity contribution in [3.8, 4) is 0 Å². The van der Waals surface area contributed by atoms with Crippen molar-refractivity contribution in [1.29, 1.82) is 0 Å². The van der Waals surface area contributed by atoms with Crippen molar-refractivity contribution < 1.29 is 0 Å². The van der Waals surface area contributed by atoms with Crippen molar-refractivity contribution in [2.24, 2.45) is 0 Å². The summed E-state index contributed by atoms with van der Waals surface area (Å²) in [5, 5.41) is 7.69. The third kappa shape index (κ3) is 1.90. The van der Waals surface area contributed by atoms with Crippen LogP contribution in [-0.2, 0) is 12.8 Å². The minimum absolute atomic E-state index is 0.274. The van der Waals surface area contributed by atoms with Crippen LogP contribution in [-0.4, -0.2) is 15.2 Å². The summed E-state index contributed by atoms with van der Waals surface area (Å²) in [7, 11) is 0. The largest absolute Gasteiger partial charge is 0.366 e. The maximum Gasteiger partial charge on any atom is 0.240 e. The molecule has 1 rings (SSSR count). The SMILES string of the molecule is CCCc1nc(N)nnc1CC. The molecule has 0 radical (unpaired) electrons. The van der Waals surface area contributed by atoms with Crippen LogP contribution in [0.1, 0.15) is 31.7 Å². The van der Waals surface area contributed by atoms with Crippen LogP contribution >= 0.6 is 0 Å². The predicted molar refractivity (Wildman–Crippen MR) is 47.6 cm³/mol. The minimum atomic E-state index is 0.274. The monoisotopic (exact) mass is 166 g/mol. The second kappa shape index (κ2) is 3.99. The Labute approximate surface area is 72.2 Å². The number of hydrogen-bond acceptors (Lipinski definition) is 4. The van der Waals surface area contributed by atoms with Crippen LogP contribution in [0.2, 0.25) is 0 Å². The first-order chi connectivity index (χ1) is 5.77. The van der Waals surface area contributed by atoms with E-state index in [2.05, 4.69) is 22.1 Å². The van der Waals surface area contributed by atoms with Crippen LogP contribution in [0.5, 0.6) is 0 Å². The van der Waals surface area contributed by atoms with Gasteiger partial charge in [0.1, 0.15) is 0 Å². The molecule has 0 bridgehead atoms. The van der Waals surface area contributed by atoms with Crippen LogP contribution in [0.3, 0.4) is 0 Å². The molecule has 12 heavy (non-hydrogen) atoms. The zero-order valence-electron chi connectivity index (χ0n) is 7.54. The quantitative estimate of drug-likeness (QED) is 0.726. The van der Waals surface area contributed by atoms with Gasteiger partial charge in [0.2, 0.25) is 5.95 Å². The number of nitrogen functional groups attached to an aromatic ring is 1. The van der Waals surface area contributed by atoms with Gasteiger partial charge in [-0.15, -0.1) is 5.10 Å². The Morgan fingerprint density at radius 1 is 1.17 bits per heavy atom. The van der Waals surface area contributed by atoms with Crippen molar-refractivity contribution in [2.75, 3.05) is 5.73 Å². The van der Waals surface area contributed by atoms with Crippen molar-refractivity contribution >= 4 is 5.95 Å². The maximum absolute atomic E-state index is 5.43. The molecule has 0 atom stereocenters. The van der Waals surface area contributed by atoms with E-state index in [0.29, 0.717) is 0 Å². The van der Waals surface area contributed by atoms with E-state index in [-0.39, 0.29) is 5.95 Å². The van der Waals surface area contributed by atoms with Crippen LogP contribution in [0, 0.1) is 0 Å². The summed E-state index contributed by atoms with van der Waals surface area (Å²) in [6, 6.07) is 0. The Bertz CT molecular complexity index is 259.